The quantitative estimate of drug-likeness (QED) is 0.831. The van der Waals surface area contributed by atoms with Crippen LogP contribution >= 0.6 is 11.6 Å². The minimum Gasteiger partial charge on any atom is -0.454 e. The van der Waals surface area contributed by atoms with Gasteiger partial charge in [-0.05, 0) is 29.8 Å². The number of amides is 1. The number of carbonyl (C=O) groups excluding carboxylic acids is 2. The molecule has 0 spiro atoms. The number of carbonyl (C=O) groups is 2. The first-order valence-corrected chi connectivity index (χ1v) is 7.43. The van der Waals surface area contributed by atoms with E-state index in [1.165, 1.54) is 18.3 Å². The molecule has 2 heterocycles. The van der Waals surface area contributed by atoms with Crippen LogP contribution in [0, 0.1) is 0 Å². The van der Waals surface area contributed by atoms with Gasteiger partial charge in [0.1, 0.15) is 5.69 Å². The van der Waals surface area contributed by atoms with E-state index < -0.39 is 18.5 Å². The highest BCUT2D eigenvalue weighted by atomic mass is 35.5. The zero-order chi connectivity index (χ0) is 16.9. The number of halogens is 1. The zero-order valence-electron chi connectivity index (χ0n) is 12.5. The van der Waals surface area contributed by atoms with Crippen molar-refractivity contribution in [3.8, 4) is 11.5 Å². The molecule has 7 nitrogen and oxygen atoms in total. The number of rotatable bonds is 5. The maximum absolute atomic E-state index is 11.8. The Morgan fingerprint density at radius 2 is 2.04 bits per heavy atom. The Morgan fingerprint density at radius 3 is 2.88 bits per heavy atom. The van der Waals surface area contributed by atoms with E-state index in [9.17, 15) is 9.59 Å². The fourth-order valence-corrected chi connectivity index (χ4v) is 2.18. The Morgan fingerprint density at radius 1 is 1.21 bits per heavy atom. The molecule has 0 fully saturated rings. The van der Waals surface area contributed by atoms with Crippen molar-refractivity contribution in [3.05, 3.63) is 52.8 Å². The number of fused-ring (bicyclic) bond motifs is 1. The largest absolute Gasteiger partial charge is 0.454 e. The van der Waals surface area contributed by atoms with Crippen molar-refractivity contribution in [1.82, 2.24) is 10.3 Å². The van der Waals surface area contributed by atoms with E-state index in [-0.39, 0.29) is 19.0 Å². The van der Waals surface area contributed by atoms with Gasteiger partial charge in [-0.2, -0.15) is 0 Å². The molecular formula is C16H13ClN2O5. The lowest BCUT2D eigenvalue weighted by Crippen LogP contribution is -2.28. The highest BCUT2D eigenvalue weighted by Crippen LogP contribution is 2.32. The van der Waals surface area contributed by atoms with Gasteiger partial charge in [0.15, 0.2) is 18.1 Å². The summed E-state index contributed by atoms with van der Waals surface area (Å²) in [7, 11) is 0. The Balaban J connectivity index is 1.47. The average molecular weight is 349 g/mol. The smallest absolute Gasteiger partial charge is 0.357 e. The van der Waals surface area contributed by atoms with Gasteiger partial charge in [0, 0.05) is 17.8 Å². The van der Waals surface area contributed by atoms with Gasteiger partial charge in [-0.3, -0.25) is 4.79 Å². The third-order valence-corrected chi connectivity index (χ3v) is 3.43. The summed E-state index contributed by atoms with van der Waals surface area (Å²) in [6.07, 6.45) is 1.39. The fraction of sp³-hybridized carbons (Fsp3) is 0.188. The zero-order valence-corrected chi connectivity index (χ0v) is 13.2. The summed E-state index contributed by atoms with van der Waals surface area (Å²) in [4.78, 5) is 27.3. The summed E-state index contributed by atoms with van der Waals surface area (Å²) >= 11 is 5.76. The van der Waals surface area contributed by atoms with Gasteiger partial charge in [0.2, 0.25) is 6.79 Å². The average Bonchev–Trinajstić information content (AvgIpc) is 3.05. The van der Waals surface area contributed by atoms with E-state index in [1.807, 2.05) is 6.07 Å². The molecule has 1 N–H and O–H groups in total. The molecule has 1 amide bonds. The summed E-state index contributed by atoms with van der Waals surface area (Å²) in [5.74, 6) is 0.173. The van der Waals surface area contributed by atoms with Crippen LogP contribution in [0.25, 0.3) is 0 Å². The van der Waals surface area contributed by atoms with Gasteiger partial charge in [0.05, 0.1) is 0 Å². The Kier molecular flexibility index (Phi) is 4.81. The van der Waals surface area contributed by atoms with Gasteiger partial charge < -0.3 is 19.5 Å². The number of aromatic nitrogens is 1. The molecule has 0 unspecified atom stereocenters. The second-order valence-corrected chi connectivity index (χ2v) is 5.34. The minimum absolute atomic E-state index is 0.0473. The molecule has 0 saturated heterocycles. The number of esters is 1. The topological polar surface area (TPSA) is 86.8 Å². The minimum atomic E-state index is -0.712. The van der Waals surface area contributed by atoms with E-state index in [0.717, 1.165) is 5.56 Å². The predicted molar refractivity (Wildman–Crippen MR) is 83.9 cm³/mol. The second kappa shape index (κ2) is 7.18. The van der Waals surface area contributed by atoms with E-state index in [1.54, 1.807) is 12.1 Å². The van der Waals surface area contributed by atoms with Crippen LogP contribution in [0.1, 0.15) is 16.1 Å². The van der Waals surface area contributed by atoms with Gasteiger partial charge in [0.25, 0.3) is 5.91 Å². The lowest BCUT2D eigenvalue weighted by atomic mass is 10.2. The Bertz CT molecular complexity index is 781. The maximum atomic E-state index is 11.8. The molecule has 0 radical (unpaired) electrons. The molecule has 24 heavy (non-hydrogen) atoms. The van der Waals surface area contributed by atoms with Gasteiger partial charge >= 0.3 is 5.97 Å². The molecule has 2 aromatic rings. The molecule has 0 aliphatic carbocycles. The monoisotopic (exact) mass is 348 g/mol. The summed E-state index contributed by atoms with van der Waals surface area (Å²) in [6, 6.07) is 8.28. The van der Waals surface area contributed by atoms with Crippen molar-refractivity contribution in [2.45, 2.75) is 6.54 Å². The van der Waals surface area contributed by atoms with Crippen LogP contribution in [0.4, 0.5) is 0 Å². The van der Waals surface area contributed by atoms with Crippen molar-refractivity contribution in [1.29, 1.82) is 0 Å². The molecule has 1 aliphatic rings. The molecule has 1 aliphatic heterocycles. The molecule has 3 rings (SSSR count). The third-order valence-electron chi connectivity index (χ3n) is 3.19. The highest BCUT2D eigenvalue weighted by Gasteiger charge is 2.14. The van der Waals surface area contributed by atoms with Gasteiger partial charge in [-0.1, -0.05) is 17.7 Å². The molecule has 0 saturated carbocycles. The lowest BCUT2D eigenvalue weighted by Gasteiger charge is -2.07. The summed E-state index contributed by atoms with van der Waals surface area (Å²) in [6.45, 7) is 0.0681. The predicted octanol–water partition coefficient (Wildman–Crippen LogP) is 1.94. The first-order chi connectivity index (χ1) is 11.6. The number of hydrogen-bond donors (Lipinski definition) is 1. The molecule has 1 aromatic carbocycles. The van der Waals surface area contributed by atoms with E-state index in [2.05, 4.69) is 10.3 Å². The molecule has 8 heteroatoms. The van der Waals surface area contributed by atoms with Crippen molar-refractivity contribution < 1.29 is 23.8 Å². The van der Waals surface area contributed by atoms with Crippen LogP contribution in [0.2, 0.25) is 5.02 Å². The van der Waals surface area contributed by atoms with Crippen LogP contribution in [-0.2, 0) is 16.1 Å². The normalized spacial score (nSPS) is 11.9. The standard InChI is InChI=1S/C16H13ClN2O5/c17-11-3-4-18-12(6-11)16(21)22-8-15(20)19-7-10-1-2-13-14(5-10)24-9-23-13/h1-6H,7-9H2,(H,19,20). The number of nitrogens with one attached hydrogen (secondary N) is 1. The number of nitrogens with zero attached hydrogens (tertiary/aromatic N) is 1. The number of pyridine rings is 1. The number of ether oxygens (including phenoxy) is 3. The summed E-state index contributed by atoms with van der Waals surface area (Å²) in [5, 5.41) is 3.01. The SMILES string of the molecule is O=C(COC(=O)c1cc(Cl)ccn1)NCc1ccc2c(c1)OCO2. The molecular weight excluding hydrogens is 336 g/mol. The van der Waals surface area contributed by atoms with E-state index in [0.29, 0.717) is 16.5 Å². The van der Waals surface area contributed by atoms with Crippen LogP contribution in [0.3, 0.4) is 0 Å². The van der Waals surface area contributed by atoms with Gasteiger partial charge in [-0.15, -0.1) is 0 Å². The van der Waals surface area contributed by atoms with Crippen LogP contribution in [0.5, 0.6) is 11.5 Å². The van der Waals surface area contributed by atoms with Crippen molar-refractivity contribution in [2.24, 2.45) is 0 Å². The molecule has 0 bridgehead atoms. The maximum Gasteiger partial charge on any atom is 0.357 e. The van der Waals surface area contributed by atoms with E-state index >= 15 is 0 Å². The van der Waals surface area contributed by atoms with Crippen molar-refractivity contribution in [2.75, 3.05) is 13.4 Å². The van der Waals surface area contributed by atoms with Crippen molar-refractivity contribution in [3.63, 3.8) is 0 Å². The molecule has 1 aromatic heterocycles. The van der Waals surface area contributed by atoms with Crippen LogP contribution in [-0.4, -0.2) is 30.3 Å². The summed E-state index contributed by atoms with van der Waals surface area (Å²) < 4.78 is 15.4. The van der Waals surface area contributed by atoms with E-state index in [4.69, 9.17) is 25.8 Å². The Labute approximate surface area is 142 Å². The lowest BCUT2D eigenvalue weighted by molar-refractivity contribution is -0.124. The van der Waals surface area contributed by atoms with Crippen LogP contribution < -0.4 is 14.8 Å². The fourth-order valence-electron chi connectivity index (χ4n) is 2.02. The molecule has 124 valence electrons. The van der Waals surface area contributed by atoms with Gasteiger partial charge in [-0.25, -0.2) is 9.78 Å². The second-order valence-electron chi connectivity index (χ2n) is 4.90. The molecule has 0 atom stereocenters. The Hall–Kier alpha value is -2.80. The number of benzene rings is 1. The first-order valence-electron chi connectivity index (χ1n) is 7.06. The number of hydrogen-bond acceptors (Lipinski definition) is 6. The summed E-state index contributed by atoms with van der Waals surface area (Å²) in [5.41, 5.74) is 0.890. The first kappa shape index (κ1) is 16.1. The van der Waals surface area contributed by atoms with Crippen molar-refractivity contribution >= 4 is 23.5 Å². The highest BCUT2D eigenvalue weighted by molar-refractivity contribution is 6.30. The van der Waals surface area contributed by atoms with Crippen LogP contribution in [0.15, 0.2) is 36.5 Å². The third kappa shape index (κ3) is 3.94.